The highest BCUT2D eigenvalue weighted by atomic mass is 19.1. The predicted octanol–water partition coefficient (Wildman–Crippen LogP) is 2.39. The molecule has 1 atom stereocenters. The molecule has 2 N–H and O–H groups in total. The molecule has 0 unspecified atom stereocenters. The largest absolute Gasteiger partial charge is 0.493 e. The molecule has 28 heavy (non-hydrogen) atoms. The molecular weight excluding hydrogens is 367 g/mol. The van der Waals surface area contributed by atoms with Crippen LogP contribution in [0.1, 0.15) is 18.9 Å². The zero-order valence-corrected chi connectivity index (χ0v) is 16.0. The van der Waals surface area contributed by atoms with E-state index in [4.69, 9.17) is 14.2 Å². The van der Waals surface area contributed by atoms with Crippen molar-refractivity contribution in [1.82, 2.24) is 10.9 Å². The van der Waals surface area contributed by atoms with Gasteiger partial charge in [-0.1, -0.05) is 12.1 Å². The van der Waals surface area contributed by atoms with Crippen LogP contribution in [0.25, 0.3) is 0 Å². The van der Waals surface area contributed by atoms with Crippen LogP contribution < -0.4 is 25.1 Å². The lowest BCUT2D eigenvalue weighted by molar-refractivity contribution is -0.132. The Morgan fingerprint density at radius 2 is 1.75 bits per heavy atom. The highest BCUT2D eigenvalue weighted by molar-refractivity contribution is 5.84. The van der Waals surface area contributed by atoms with E-state index in [1.807, 2.05) is 12.1 Å². The van der Waals surface area contributed by atoms with Crippen LogP contribution in [0.15, 0.2) is 42.5 Å². The number of rotatable bonds is 8. The molecule has 8 heteroatoms. The summed E-state index contributed by atoms with van der Waals surface area (Å²) in [6.07, 6.45) is -0.329. The lowest BCUT2D eigenvalue weighted by atomic mass is 10.1. The summed E-state index contributed by atoms with van der Waals surface area (Å²) in [4.78, 5) is 24.0. The molecule has 0 spiro atoms. The molecule has 2 aromatic rings. The van der Waals surface area contributed by atoms with E-state index in [9.17, 15) is 14.0 Å². The molecular formula is C20H23FN2O5. The van der Waals surface area contributed by atoms with E-state index >= 15 is 0 Å². The number of nitrogens with one attached hydrogen (secondary N) is 2. The van der Waals surface area contributed by atoms with Crippen molar-refractivity contribution in [3.8, 4) is 17.2 Å². The van der Waals surface area contributed by atoms with Crippen molar-refractivity contribution in [1.29, 1.82) is 0 Å². The van der Waals surface area contributed by atoms with Crippen LogP contribution in [0.5, 0.6) is 17.2 Å². The number of aryl methyl sites for hydroxylation is 1. The van der Waals surface area contributed by atoms with Crippen LogP contribution in [0.3, 0.4) is 0 Å². The Morgan fingerprint density at radius 3 is 2.39 bits per heavy atom. The Bertz CT molecular complexity index is 811. The number of amides is 2. The average Bonchev–Trinajstić information content (AvgIpc) is 2.71. The standard InChI is InChI=1S/C20H23FN2O5/c1-13(28-16-10-8-15(21)9-11-16)20(25)23-22-18(24)12-7-14-5-4-6-17(26-2)19(14)27-3/h4-6,8-11,13H,7,12H2,1-3H3,(H,22,24)(H,23,25)/t13-/m1/s1. The monoisotopic (exact) mass is 390 g/mol. The molecule has 0 fully saturated rings. The molecule has 150 valence electrons. The van der Waals surface area contributed by atoms with Gasteiger partial charge in [0.1, 0.15) is 11.6 Å². The van der Waals surface area contributed by atoms with Crippen LogP contribution in [0.2, 0.25) is 0 Å². The molecule has 0 bridgehead atoms. The summed E-state index contributed by atoms with van der Waals surface area (Å²) in [5, 5.41) is 0. The third-order valence-electron chi connectivity index (χ3n) is 3.93. The molecule has 2 aromatic carbocycles. The highest BCUT2D eigenvalue weighted by Crippen LogP contribution is 2.31. The number of para-hydroxylation sites is 1. The molecule has 0 radical (unpaired) electrons. The lowest BCUT2D eigenvalue weighted by Gasteiger charge is -2.15. The molecule has 0 saturated carbocycles. The third-order valence-corrected chi connectivity index (χ3v) is 3.93. The van der Waals surface area contributed by atoms with Gasteiger partial charge in [0.05, 0.1) is 14.2 Å². The summed E-state index contributed by atoms with van der Waals surface area (Å²) >= 11 is 0. The van der Waals surface area contributed by atoms with E-state index < -0.39 is 17.8 Å². The van der Waals surface area contributed by atoms with Gasteiger partial charge in [-0.15, -0.1) is 0 Å². The van der Waals surface area contributed by atoms with Crippen LogP contribution >= 0.6 is 0 Å². The molecule has 0 heterocycles. The van der Waals surface area contributed by atoms with Crippen molar-refractivity contribution in [3.05, 3.63) is 53.8 Å². The van der Waals surface area contributed by atoms with Gasteiger partial charge in [-0.05, 0) is 49.2 Å². The average molecular weight is 390 g/mol. The van der Waals surface area contributed by atoms with Crippen LogP contribution in [0, 0.1) is 5.82 Å². The van der Waals surface area contributed by atoms with Crippen LogP contribution in [-0.4, -0.2) is 32.1 Å². The van der Waals surface area contributed by atoms with E-state index in [0.717, 1.165) is 5.56 Å². The van der Waals surface area contributed by atoms with Crippen molar-refractivity contribution < 1.29 is 28.2 Å². The van der Waals surface area contributed by atoms with Gasteiger partial charge in [0.2, 0.25) is 5.91 Å². The number of carbonyl (C=O) groups excluding carboxylic acids is 2. The van der Waals surface area contributed by atoms with E-state index in [0.29, 0.717) is 23.7 Å². The van der Waals surface area contributed by atoms with Crippen molar-refractivity contribution in [3.63, 3.8) is 0 Å². The normalized spacial score (nSPS) is 11.3. The minimum atomic E-state index is -0.871. The van der Waals surface area contributed by atoms with Gasteiger partial charge in [-0.3, -0.25) is 20.4 Å². The first-order valence-corrected chi connectivity index (χ1v) is 8.65. The van der Waals surface area contributed by atoms with Gasteiger partial charge in [0.15, 0.2) is 17.6 Å². The summed E-state index contributed by atoms with van der Waals surface area (Å²) in [6, 6.07) is 10.7. The topological polar surface area (TPSA) is 85.9 Å². The number of benzene rings is 2. The first kappa shape index (κ1) is 21.0. The maximum Gasteiger partial charge on any atom is 0.279 e. The number of carbonyl (C=O) groups is 2. The number of methoxy groups -OCH3 is 2. The lowest BCUT2D eigenvalue weighted by Crippen LogP contribution is -2.47. The van der Waals surface area contributed by atoms with Crippen LogP contribution in [-0.2, 0) is 16.0 Å². The first-order chi connectivity index (χ1) is 13.4. The highest BCUT2D eigenvalue weighted by Gasteiger charge is 2.16. The molecule has 0 aromatic heterocycles. The van der Waals surface area contributed by atoms with E-state index in [1.165, 1.54) is 38.3 Å². The van der Waals surface area contributed by atoms with Gasteiger partial charge in [0.25, 0.3) is 5.91 Å². The minimum Gasteiger partial charge on any atom is -0.493 e. The Kier molecular flexibility index (Phi) is 7.62. The SMILES string of the molecule is COc1cccc(CCC(=O)NNC(=O)[C@@H](C)Oc2ccc(F)cc2)c1OC. The summed E-state index contributed by atoms with van der Waals surface area (Å²) in [7, 11) is 3.07. The third kappa shape index (κ3) is 5.87. The number of halogens is 1. The zero-order valence-electron chi connectivity index (χ0n) is 16.0. The molecule has 2 rings (SSSR count). The molecule has 0 aliphatic rings. The van der Waals surface area contributed by atoms with E-state index in [1.54, 1.807) is 13.2 Å². The Morgan fingerprint density at radius 1 is 1.04 bits per heavy atom. The van der Waals surface area contributed by atoms with Crippen molar-refractivity contribution in [2.45, 2.75) is 25.9 Å². The quantitative estimate of drug-likeness (QED) is 0.676. The minimum absolute atomic E-state index is 0.136. The second-order valence-corrected chi connectivity index (χ2v) is 5.90. The van der Waals surface area contributed by atoms with Gasteiger partial charge in [0, 0.05) is 6.42 Å². The maximum atomic E-state index is 12.9. The fraction of sp³-hybridized carbons (Fsp3) is 0.300. The zero-order chi connectivity index (χ0) is 20.5. The summed E-state index contributed by atoms with van der Waals surface area (Å²) in [6.45, 7) is 1.52. The van der Waals surface area contributed by atoms with Gasteiger partial charge in [-0.25, -0.2) is 4.39 Å². The molecule has 0 aliphatic heterocycles. The maximum absolute atomic E-state index is 12.9. The summed E-state index contributed by atoms with van der Waals surface area (Å²) < 4.78 is 28.8. The summed E-state index contributed by atoms with van der Waals surface area (Å²) in [5.41, 5.74) is 5.47. The second kappa shape index (κ2) is 10.1. The Balaban J connectivity index is 1.80. The number of ether oxygens (including phenoxy) is 3. The fourth-order valence-electron chi connectivity index (χ4n) is 2.47. The fourth-order valence-corrected chi connectivity index (χ4v) is 2.47. The van der Waals surface area contributed by atoms with Gasteiger partial charge >= 0.3 is 0 Å². The van der Waals surface area contributed by atoms with E-state index in [-0.39, 0.29) is 12.3 Å². The van der Waals surface area contributed by atoms with Gasteiger partial charge < -0.3 is 14.2 Å². The number of hydrogen-bond acceptors (Lipinski definition) is 5. The number of hydrazine groups is 1. The predicted molar refractivity (Wildman–Crippen MR) is 101 cm³/mol. The van der Waals surface area contributed by atoms with Crippen molar-refractivity contribution in [2.24, 2.45) is 0 Å². The molecule has 0 saturated heterocycles. The van der Waals surface area contributed by atoms with Crippen molar-refractivity contribution >= 4 is 11.8 Å². The Labute approximate surface area is 162 Å². The van der Waals surface area contributed by atoms with E-state index in [2.05, 4.69) is 10.9 Å². The molecule has 2 amide bonds. The summed E-state index contributed by atoms with van der Waals surface area (Å²) in [5.74, 6) is 0.206. The Hall–Kier alpha value is -3.29. The molecule has 7 nitrogen and oxygen atoms in total. The molecule has 0 aliphatic carbocycles. The van der Waals surface area contributed by atoms with Crippen molar-refractivity contribution in [2.75, 3.05) is 14.2 Å². The number of hydrogen-bond donors (Lipinski definition) is 2. The smallest absolute Gasteiger partial charge is 0.279 e. The first-order valence-electron chi connectivity index (χ1n) is 8.65. The van der Waals surface area contributed by atoms with Crippen LogP contribution in [0.4, 0.5) is 4.39 Å². The van der Waals surface area contributed by atoms with Gasteiger partial charge in [-0.2, -0.15) is 0 Å². The second-order valence-electron chi connectivity index (χ2n) is 5.90.